The van der Waals surface area contributed by atoms with Gasteiger partial charge in [-0.05, 0) is 19.8 Å². The summed E-state index contributed by atoms with van der Waals surface area (Å²) < 4.78 is 4.64. The van der Waals surface area contributed by atoms with Gasteiger partial charge in [-0.25, -0.2) is 0 Å². The van der Waals surface area contributed by atoms with Gasteiger partial charge in [-0.15, -0.1) is 0 Å². The molecule has 1 N–H and O–H groups in total. The topological polar surface area (TPSA) is 46.5 Å². The van der Waals surface area contributed by atoms with Crippen molar-refractivity contribution in [2.24, 2.45) is 0 Å². The van der Waals surface area contributed by atoms with Gasteiger partial charge < -0.3 is 9.84 Å². The number of aliphatic hydroxyl groups is 1. The van der Waals surface area contributed by atoms with Crippen LogP contribution in [-0.2, 0) is 9.53 Å². The SMILES string of the molecule is CC(=O)OCCC[C@H](C)O. The summed E-state index contributed by atoms with van der Waals surface area (Å²) in [5.74, 6) is -0.259. The van der Waals surface area contributed by atoms with Gasteiger partial charge in [0.25, 0.3) is 0 Å². The van der Waals surface area contributed by atoms with Gasteiger partial charge >= 0.3 is 5.97 Å². The first kappa shape index (κ1) is 9.43. The molecule has 0 aromatic rings. The Bertz CT molecular complexity index is 99.0. The van der Waals surface area contributed by atoms with Crippen LogP contribution in [0.4, 0.5) is 0 Å². The lowest BCUT2D eigenvalue weighted by atomic mass is 10.2. The van der Waals surface area contributed by atoms with Crippen molar-refractivity contribution in [1.82, 2.24) is 0 Å². The molecule has 0 radical (unpaired) electrons. The van der Waals surface area contributed by atoms with Crippen molar-refractivity contribution < 1.29 is 14.6 Å². The summed E-state index contributed by atoms with van der Waals surface area (Å²) in [4.78, 5) is 10.2. The summed E-state index contributed by atoms with van der Waals surface area (Å²) in [7, 11) is 0. The zero-order valence-electron chi connectivity index (χ0n) is 6.46. The second kappa shape index (κ2) is 5.23. The van der Waals surface area contributed by atoms with E-state index in [1.54, 1.807) is 6.92 Å². The maximum atomic E-state index is 10.2. The molecule has 0 aliphatic rings. The molecule has 0 fully saturated rings. The standard InChI is InChI=1S/C7H14O3/c1-6(8)4-3-5-10-7(2)9/h6,8H,3-5H2,1-2H3/t6-/m0/s1. The number of ether oxygens (including phenoxy) is 1. The smallest absolute Gasteiger partial charge is 0.302 e. The largest absolute Gasteiger partial charge is 0.466 e. The van der Waals surface area contributed by atoms with Crippen LogP contribution in [0.25, 0.3) is 0 Å². The van der Waals surface area contributed by atoms with Gasteiger partial charge in [0.15, 0.2) is 0 Å². The predicted octanol–water partition coefficient (Wildman–Crippen LogP) is 0.710. The molecule has 0 unspecified atom stereocenters. The van der Waals surface area contributed by atoms with E-state index in [1.165, 1.54) is 6.92 Å². The molecular formula is C7H14O3. The first-order valence-electron chi connectivity index (χ1n) is 3.44. The molecule has 0 aliphatic carbocycles. The molecule has 3 heteroatoms. The maximum absolute atomic E-state index is 10.2. The normalized spacial score (nSPS) is 12.7. The molecule has 1 atom stereocenters. The van der Waals surface area contributed by atoms with Gasteiger partial charge in [0.05, 0.1) is 12.7 Å². The van der Waals surface area contributed by atoms with Crippen LogP contribution in [-0.4, -0.2) is 23.8 Å². The van der Waals surface area contributed by atoms with Crippen LogP contribution >= 0.6 is 0 Å². The van der Waals surface area contributed by atoms with Gasteiger partial charge in [0, 0.05) is 6.92 Å². The first-order chi connectivity index (χ1) is 4.63. The number of aliphatic hydroxyl groups excluding tert-OH is 1. The highest BCUT2D eigenvalue weighted by Crippen LogP contribution is 1.95. The Morgan fingerprint density at radius 2 is 2.30 bits per heavy atom. The Morgan fingerprint density at radius 1 is 1.70 bits per heavy atom. The lowest BCUT2D eigenvalue weighted by Crippen LogP contribution is -2.05. The minimum atomic E-state index is -0.296. The number of hydrogen-bond acceptors (Lipinski definition) is 3. The molecule has 60 valence electrons. The van der Waals surface area contributed by atoms with E-state index in [4.69, 9.17) is 5.11 Å². The summed E-state index contributed by atoms with van der Waals surface area (Å²) in [5, 5.41) is 8.78. The Hall–Kier alpha value is -0.570. The van der Waals surface area contributed by atoms with E-state index in [1.807, 2.05) is 0 Å². The quantitative estimate of drug-likeness (QED) is 0.469. The third-order valence-corrected chi connectivity index (χ3v) is 1.07. The van der Waals surface area contributed by atoms with Crippen molar-refractivity contribution in [2.45, 2.75) is 32.8 Å². The van der Waals surface area contributed by atoms with Crippen molar-refractivity contribution in [3.8, 4) is 0 Å². The summed E-state index contributed by atoms with van der Waals surface area (Å²) >= 11 is 0. The Labute approximate surface area is 61.0 Å². The fourth-order valence-corrected chi connectivity index (χ4v) is 0.595. The van der Waals surface area contributed by atoms with Crippen LogP contribution in [0, 0.1) is 0 Å². The minimum Gasteiger partial charge on any atom is -0.466 e. The lowest BCUT2D eigenvalue weighted by Gasteiger charge is -2.03. The van der Waals surface area contributed by atoms with Crippen LogP contribution < -0.4 is 0 Å². The molecule has 0 saturated heterocycles. The van der Waals surface area contributed by atoms with Crippen molar-refractivity contribution in [3.05, 3.63) is 0 Å². The van der Waals surface area contributed by atoms with Crippen LogP contribution in [0.5, 0.6) is 0 Å². The number of carbonyl (C=O) groups is 1. The second-order valence-electron chi connectivity index (χ2n) is 2.33. The molecule has 0 aromatic carbocycles. The van der Waals surface area contributed by atoms with Crippen molar-refractivity contribution in [2.75, 3.05) is 6.61 Å². The van der Waals surface area contributed by atoms with E-state index in [0.717, 1.165) is 6.42 Å². The van der Waals surface area contributed by atoms with Crippen molar-refractivity contribution in [3.63, 3.8) is 0 Å². The predicted molar refractivity (Wildman–Crippen MR) is 37.5 cm³/mol. The molecule has 3 nitrogen and oxygen atoms in total. The highest BCUT2D eigenvalue weighted by atomic mass is 16.5. The second-order valence-corrected chi connectivity index (χ2v) is 2.33. The highest BCUT2D eigenvalue weighted by molar-refractivity contribution is 5.65. The molecule has 0 aliphatic heterocycles. The van der Waals surface area contributed by atoms with Crippen LogP contribution in [0.15, 0.2) is 0 Å². The van der Waals surface area contributed by atoms with E-state index < -0.39 is 0 Å². The molecular weight excluding hydrogens is 132 g/mol. The van der Waals surface area contributed by atoms with Gasteiger partial charge in [-0.2, -0.15) is 0 Å². The average Bonchev–Trinajstić information content (AvgIpc) is 1.79. The molecule has 0 aromatic heterocycles. The molecule has 0 bridgehead atoms. The number of rotatable bonds is 4. The zero-order valence-corrected chi connectivity index (χ0v) is 6.46. The van der Waals surface area contributed by atoms with Crippen LogP contribution in [0.2, 0.25) is 0 Å². The number of carbonyl (C=O) groups excluding carboxylic acids is 1. The Balaban J connectivity index is 2.98. The maximum Gasteiger partial charge on any atom is 0.302 e. The van der Waals surface area contributed by atoms with E-state index >= 15 is 0 Å². The highest BCUT2D eigenvalue weighted by Gasteiger charge is 1.96. The van der Waals surface area contributed by atoms with E-state index in [-0.39, 0.29) is 12.1 Å². The molecule has 0 rings (SSSR count). The molecule has 0 saturated carbocycles. The van der Waals surface area contributed by atoms with Gasteiger partial charge in [-0.1, -0.05) is 0 Å². The van der Waals surface area contributed by atoms with E-state index in [2.05, 4.69) is 4.74 Å². The van der Waals surface area contributed by atoms with Gasteiger partial charge in [-0.3, -0.25) is 4.79 Å². The average molecular weight is 146 g/mol. The number of esters is 1. The van der Waals surface area contributed by atoms with Gasteiger partial charge in [0.2, 0.25) is 0 Å². The Morgan fingerprint density at radius 3 is 2.70 bits per heavy atom. The fraction of sp³-hybridized carbons (Fsp3) is 0.857. The van der Waals surface area contributed by atoms with Crippen LogP contribution in [0.1, 0.15) is 26.7 Å². The summed E-state index contributed by atoms with van der Waals surface area (Å²) in [6.45, 7) is 3.51. The summed E-state index contributed by atoms with van der Waals surface area (Å²) in [6.07, 6.45) is 1.13. The summed E-state index contributed by atoms with van der Waals surface area (Å²) in [6, 6.07) is 0. The molecule has 0 heterocycles. The number of hydrogen-bond donors (Lipinski definition) is 1. The summed E-state index contributed by atoms with van der Waals surface area (Å²) in [5.41, 5.74) is 0. The molecule has 10 heavy (non-hydrogen) atoms. The van der Waals surface area contributed by atoms with Crippen molar-refractivity contribution >= 4 is 5.97 Å². The van der Waals surface area contributed by atoms with Crippen molar-refractivity contribution in [1.29, 1.82) is 0 Å². The third kappa shape index (κ3) is 7.43. The van der Waals surface area contributed by atoms with E-state index in [0.29, 0.717) is 13.0 Å². The monoisotopic (exact) mass is 146 g/mol. The fourth-order valence-electron chi connectivity index (χ4n) is 0.595. The zero-order chi connectivity index (χ0) is 7.98. The third-order valence-electron chi connectivity index (χ3n) is 1.07. The van der Waals surface area contributed by atoms with Gasteiger partial charge in [0.1, 0.15) is 0 Å². The lowest BCUT2D eigenvalue weighted by molar-refractivity contribution is -0.141. The Kier molecular flexibility index (Phi) is 4.94. The first-order valence-corrected chi connectivity index (χ1v) is 3.44. The molecule has 0 spiro atoms. The van der Waals surface area contributed by atoms with E-state index in [9.17, 15) is 4.79 Å². The minimum absolute atomic E-state index is 0.259. The molecule has 0 amide bonds. The van der Waals surface area contributed by atoms with Crippen LogP contribution in [0.3, 0.4) is 0 Å².